The number of rotatable bonds is 0. The van der Waals surface area contributed by atoms with Crippen LogP contribution in [0.2, 0.25) is 0 Å². The summed E-state index contributed by atoms with van der Waals surface area (Å²) in [6.45, 7) is 11.0. The van der Waals surface area contributed by atoms with E-state index in [0.29, 0.717) is 0 Å². The van der Waals surface area contributed by atoms with E-state index in [-0.39, 0.29) is 19.5 Å². The van der Waals surface area contributed by atoms with E-state index >= 15 is 0 Å². The molecule has 0 atom stereocenters. The van der Waals surface area contributed by atoms with Gasteiger partial charge in [0, 0.05) is 0 Å². The maximum atomic E-state index is 3.72. The van der Waals surface area contributed by atoms with Crippen LogP contribution in [0.15, 0.2) is 24.5 Å². The molecule has 0 saturated heterocycles. The normalized spacial score (nSPS) is 6.33. The molecule has 1 aromatic rings. The average molecular weight is 253 g/mol. The summed E-state index contributed by atoms with van der Waals surface area (Å²) in [6, 6.07) is 3.78. The Balaban J connectivity index is -0.000000104. The summed E-state index contributed by atoms with van der Waals surface area (Å²) in [5.74, 6) is 0. The van der Waals surface area contributed by atoms with Crippen molar-refractivity contribution in [1.82, 2.24) is 4.98 Å². The maximum absolute atomic E-state index is 3.72. The fourth-order valence-corrected chi connectivity index (χ4v) is 0.248. The van der Waals surface area contributed by atoms with Gasteiger partial charge in [0.15, 0.2) is 0 Å². The van der Waals surface area contributed by atoms with Crippen LogP contribution >= 0.6 is 0 Å². The monoisotopic (exact) mass is 254 g/mol. The van der Waals surface area contributed by atoms with Crippen molar-refractivity contribution in [1.29, 1.82) is 0 Å². The zero-order valence-corrected chi connectivity index (χ0v) is 9.68. The Bertz CT molecular complexity index is 85.4. The summed E-state index contributed by atoms with van der Waals surface area (Å²) in [5.41, 5.74) is 0. The van der Waals surface area contributed by atoms with Gasteiger partial charge in [-0.25, -0.2) is 0 Å². The molecule has 0 bridgehead atoms. The molecule has 12 heavy (non-hydrogen) atoms. The molecule has 0 amide bonds. The van der Waals surface area contributed by atoms with Gasteiger partial charge < -0.3 is 18.8 Å². The van der Waals surface area contributed by atoms with Crippen LogP contribution in [0.25, 0.3) is 0 Å². The van der Waals surface area contributed by atoms with Crippen LogP contribution in [0.4, 0.5) is 0 Å². The van der Waals surface area contributed by atoms with Gasteiger partial charge in [0.2, 0.25) is 0 Å². The van der Waals surface area contributed by atoms with Crippen molar-refractivity contribution >= 4 is 0 Å². The van der Waals surface area contributed by atoms with Crippen molar-refractivity contribution in [3.63, 3.8) is 0 Å². The first-order valence-corrected chi connectivity index (χ1v) is 3.93. The second-order valence-corrected chi connectivity index (χ2v) is 1.83. The number of aromatic nitrogens is 1. The smallest absolute Gasteiger partial charge is 0.670 e. The molecule has 0 spiro atoms. The molecule has 1 aromatic heterocycles. The number of hydrogen-bond donors (Lipinski definition) is 0. The zero-order chi connectivity index (χ0) is 8.95. The van der Waals surface area contributed by atoms with Crippen LogP contribution in [0.5, 0.6) is 0 Å². The standard InChI is InChI=1S/C4H4N.2C3H7.Ru/c1-2-4-5-3-1;2*1-3-2;/h1-4H;2*1,3H2,2H3;/q3*-1;+3. The number of hydrogen-bond acceptors (Lipinski definition) is 0. The predicted octanol–water partition coefficient (Wildman–Crippen LogP) is 3.10. The Morgan fingerprint density at radius 3 is 1.33 bits per heavy atom. The molecule has 0 aromatic carbocycles. The van der Waals surface area contributed by atoms with Crippen LogP contribution in [0, 0.1) is 13.8 Å². The SMILES string of the molecule is [CH2-]CC.[CH2-]CC.[Ru+3].c1cc[n-]c1. The molecule has 0 unspecified atom stereocenters. The first-order chi connectivity index (χ1) is 5.33. The Hall–Kier alpha value is -0.0966. The molecule has 1 radical (unpaired) electrons. The maximum Gasteiger partial charge on any atom is 3.00 e. The van der Waals surface area contributed by atoms with Crippen LogP contribution in [-0.4, -0.2) is 0 Å². The van der Waals surface area contributed by atoms with Crippen molar-refractivity contribution < 1.29 is 19.5 Å². The topological polar surface area (TPSA) is 14.1 Å². The van der Waals surface area contributed by atoms with Gasteiger partial charge in [-0.3, -0.25) is 0 Å². The van der Waals surface area contributed by atoms with Crippen LogP contribution in [0.1, 0.15) is 26.7 Å². The van der Waals surface area contributed by atoms with Crippen molar-refractivity contribution in [2.24, 2.45) is 0 Å². The Morgan fingerprint density at radius 1 is 1.00 bits per heavy atom. The van der Waals surface area contributed by atoms with E-state index < -0.39 is 0 Å². The van der Waals surface area contributed by atoms with Gasteiger partial charge >= 0.3 is 19.5 Å². The minimum Gasteiger partial charge on any atom is -0.670 e. The third-order valence-electron chi connectivity index (χ3n) is 0.455. The van der Waals surface area contributed by atoms with Gasteiger partial charge in [-0.15, -0.1) is 0 Å². The van der Waals surface area contributed by atoms with Crippen molar-refractivity contribution in [3.8, 4) is 0 Å². The van der Waals surface area contributed by atoms with Gasteiger partial charge in [-0.1, -0.05) is 26.0 Å². The van der Waals surface area contributed by atoms with E-state index in [1.807, 2.05) is 26.0 Å². The molecule has 0 saturated carbocycles. The minimum absolute atomic E-state index is 0. The molecule has 0 aliphatic rings. The van der Waals surface area contributed by atoms with E-state index in [9.17, 15) is 0 Å². The predicted molar refractivity (Wildman–Crippen MR) is 51.1 cm³/mol. The summed E-state index contributed by atoms with van der Waals surface area (Å²) < 4.78 is 0. The summed E-state index contributed by atoms with van der Waals surface area (Å²) >= 11 is 0. The van der Waals surface area contributed by atoms with Crippen molar-refractivity contribution in [2.45, 2.75) is 26.7 Å². The molecule has 0 fully saturated rings. The van der Waals surface area contributed by atoms with Crippen molar-refractivity contribution in [2.75, 3.05) is 0 Å². The Kier molecular flexibility index (Phi) is 33.4. The minimum atomic E-state index is 0. The summed E-state index contributed by atoms with van der Waals surface area (Å²) in [4.78, 5) is 3.72. The summed E-state index contributed by atoms with van der Waals surface area (Å²) in [5, 5.41) is 0. The van der Waals surface area contributed by atoms with Gasteiger partial charge in [-0.05, 0) is 0 Å². The van der Waals surface area contributed by atoms with Crippen LogP contribution in [-0.2, 0) is 19.5 Å². The van der Waals surface area contributed by atoms with Crippen LogP contribution < -0.4 is 4.98 Å². The van der Waals surface area contributed by atoms with Gasteiger partial charge in [0.1, 0.15) is 0 Å². The molecule has 1 heterocycles. The van der Waals surface area contributed by atoms with E-state index in [4.69, 9.17) is 0 Å². The quantitative estimate of drug-likeness (QED) is 0.512. The summed E-state index contributed by atoms with van der Waals surface area (Å²) in [6.07, 6.45) is 5.50. The molecule has 71 valence electrons. The Morgan fingerprint density at radius 2 is 1.25 bits per heavy atom. The average Bonchev–Trinajstić information content (AvgIpc) is 2.44. The summed E-state index contributed by atoms with van der Waals surface area (Å²) in [7, 11) is 0. The van der Waals surface area contributed by atoms with E-state index in [1.165, 1.54) is 0 Å². The molecular weight excluding hydrogens is 235 g/mol. The van der Waals surface area contributed by atoms with E-state index in [0.717, 1.165) is 12.8 Å². The second kappa shape index (κ2) is 22.4. The third-order valence-corrected chi connectivity index (χ3v) is 0.455. The molecule has 1 rings (SSSR count). The number of nitrogens with zero attached hydrogens (tertiary/aromatic N) is 1. The first-order valence-electron chi connectivity index (χ1n) is 3.93. The van der Waals surface area contributed by atoms with Crippen molar-refractivity contribution in [3.05, 3.63) is 38.4 Å². The first kappa shape index (κ1) is 17.9. The van der Waals surface area contributed by atoms with Gasteiger partial charge in [0.25, 0.3) is 0 Å². The Labute approximate surface area is 89.7 Å². The second-order valence-electron chi connectivity index (χ2n) is 1.83. The fourth-order valence-electron chi connectivity index (χ4n) is 0.248. The molecule has 0 N–H and O–H groups in total. The van der Waals surface area contributed by atoms with E-state index in [1.54, 1.807) is 12.4 Å². The van der Waals surface area contributed by atoms with E-state index in [2.05, 4.69) is 18.8 Å². The largest absolute Gasteiger partial charge is 3.00 e. The molecule has 0 aliphatic heterocycles. The fraction of sp³-hybridized carbons (Fsp3) is 0.400. The third kappa shape index (κ3) is 32.7. The zero-order valence-electron chi connectivity index (χ0n) is 7.94. The molecule has 0 aliphatic carbocycles. The molecular formula is C10H18NRu. The van der Waals surface area contributed by atoms with Crippen LogP contribution in [0.3, 0.4) is 0 Å². The molecule has 2 heteroatoms. The van der Waals surface area contributed by atoms with Gasteiger partial charge in [-0.2, -0.15) is 25.2 Å². The van der Waals surface area contributed by atoms with Gasteiger partial charge in [0.05, 0.1) is 0 Å². The molecule has 1 nitrogen and oxygen atoms in total.